The summed E-state index contributed by atoms with van der Waals surface area (Å²) in [6.07, 6.45) is 9.36. The van der Waals surface area contributed by atoms with E-state index in [1.807, 2.05) is 0 Å². The smallest absolute Gasteiger partial charge is 0.0595 e. The van der Waals surface area contributed by atoms with E-state index in [4.69, 9.17) is 11.2 Å². The molecule has 3 unspecified atom stereocenters. The van der Waals surface area contributed by atoms with Crippen LogP contribution < -0.4 is 5.32 Å². The Labute approximate surface area is 93.8 Å². The van der Waals surface area contributed by atoms with E-state index in [1.54, 1.807) is 0 Å². The lowest BCUT2D eigenvalue weighted by atomic mass is 9.80. The van der Waals surface area contributed by atoms with Crippen molar-refractivity contribution >= 4 is 0 Å². The highest BCUT2D eigenvalue weighted by Crippen LogP contribution is 2.30. The third-order valence-corrected chi connectivity index (χ3v) is 3.41. The van der Waals surface area contributed by atoms with E-state index in [0.29, 0.717) is 12.6 Å². The van der Waals surface area contributed by atoms with Crippen molar-refractivity contribution in [2.45, 2.75) is 39.2 Å². The molecule has 0 saturated heterocycles. The van der Waals surface area contributed by atoms with Crippen molar-refractivity contribution in [3.63, 3.8) is 0 Å². The Kier molecular flexibility index (Phi) is 5.75. The van der Waals surface area contributed by atoms with Gasteiger partial charge in [0.25, 0.3) is 0 Å². The fourth-order valence-corrected chi connectivity index (χ4v) is 2.11. The molecule has 3 atom stereocenters. The molecule has 1 fully saturated rings. The quantitative estimate of drug-likeness (QED) is 0.553. The summed E-state index contributed by atoms with van der Waals surface area (Å²) in [5, 5.41) is 3.13. The molecule has 0 spiro atoms. The minimum Gasteiger partial charge on any atom is -0.377 e. The third-order valence-electron chi connectivity index (χ3n) is 3.41. The van der Waals surface area contributed by atoms with Crippen LogP contribution in [0.25, 0.3) is 0 Å². The molecule has 1 saturated carbocycles. The van der Waals surface area contributed by atoms with Gasteiger partial charge in [-0.15, -0.1) is 6.42 Å². The van der Waals surface area contributed by atoms with Gasteiger partial charge >= 0.3 is 0 Å². The number of nitrogens with one attached hydrogen (secondary N) is 1. The Balaban J connectivity index is 2.05. The normalized spacial score (nSPS) is 31.1. The van der Waals surface area contributed by atoms with Gasteiger partial charge in [-0.1, -0.05) is 19.8 Å². The average molecular weight is 209 g/mol. The van der Waals surface area contributed by atoms with E-state index in [0.717, 1.165) is 25.0 Å². The van der Waals surface area contributed by atoms with Crippen LogP contribution in [0.2, 0.25) is 0 Å². The molecule has 0 aromatic heterocycles. The minimum absolute atomic E-state index is 0.476. The van der Waals surface area contributed by atoms with Gasteiger partial charge in [-0.25, -0.2) is 0 Å². The second kappa shape index (κ2) is 6.87. The zero-order chi connectivity index (χ0) is 11.1. The summed E-state index contributed by atoms with van der Waals surface area (Å²) in [6.45, 7) is 6.96. The third kappa shape index (κ3) is 4.68. The zero-order valence-corrected chi connectivity index (χ0v) is 9.96. The van der Waals surface area contributed by atoms with Crippen LogP contribution in [0.5, 0.6) is 0 Å². The van der Waals surface area contributed by atoms with Crippen LogP contribution in [-0.2, 0) is 4.74 Å². The van der Waals surface area contributed by atoms with Gasteiger partial charge in [0.15, 0.2) is 0 Å². The van der Waals surface area contributed by atoms with Gasteiger partial charge in [0.1, 0.15) is 0 Å². The van der Waals surface area contributed by atoms with E-state index >= 15 is 0 Å². The number of rotatable bonds is 5. The Bertz CT molecular complexity index is 209. The second-order valence-electron chi connectivity index (χ2n) is 4.64. The Morgan fingerprint density at radius 2 is 2.13 bits per heavy atom. The van der Waals surface area contributed by atoms with Crippen molar-refractivity contribution in [1.29, 1.82) is 0 Å². The molecular formula is C13H23NO. The highest BCUT2D eigenvalue weighted by Gasteiger charge is 2.24. The Hall–Kier alpha value is -0.520. The van der Waals surface area contributed by atoms with Crippen molar-refractivity contribution < 1.29 is 4.74 Å². The monoisotopic (exact) mass is 209 g/mol. The van der Waals surface area contributed by atoms with Gasteiger partial charge < -0.3 is 10.1 Å². The molecule has 2 nitrogen and oxygen atoms in total. The molecule has 1 rings (SSSR count). The van der Waals surface area contributed by atoms with E-state index in [2.05, 4.69) is 25.1 Å². The molecule has 15 heavy (non-hydrogen) atoms. The summed E-state index contributed by atoms with van der Waals surface area (Å²) < 4.78 is 5.82. The molecule has 1 aliphatic rings. The van der Waals surface area contributed by atoms with Gasteiger partial charge in [0, 0.05) is 6.54 Å². The summed E-state index contributed by atoms with van der Waals surface area (Å²) in [5.41, 5.74) is 0. The molecule has 1 N–H and O–H groups in total. The fraction of sp³-hybridized carbons (Fsp3) is 0.846. The predicted octanol–water partition coefficient (Wildman–Crippen LogP) is 2.05. The molecule has 1 aliphatic carbocycles. The summed E-state index contributed by atoms with van der Waals surface area (Å²) in [5.74, 6) is 4.23. The lowest BCUT2D eigenvalue weighted by molar-refractivity contribution is 0.00460. The topological polar surface area (TPSA) is 21.3 Å². The first-order valence-corrected chi connectivity index (χ1v) is 5.99. The van der Waals surface area contributed by atoms with Crippen molar-refractivity contribution in [3.05, 3.63) is 0 Å². The average Bonchev–Trinajstić information content (AvgIpc) is 2.23. The maximum atomic E-state index is 5.82. The molecule has 0 bridgehead atoms. The summed E-state index contributed by atoms with van der Waals surface area (Å²) in [6, 6.07) is 0. The van der Waals surface area contributed by atoms with Crippen LogP contribution in [0, 0.1) is 24.2 Å². The number of hydrogen-bond acceptors (Lipinski definition) is 2. The second-order valence-corrected chi connectivity index (χ2v) is 4.64. The van der Waals surface area contributed by atoms with E-state index in [1.165, 1.54) is 19.3 Å². The van der Waals surface area contributed by atoms with Crippen molar-refractivity contribution in [2.24, 2.45) is 11.8 Å². The highest BCUT2D eigenvalue weighted by atomic mass is 16.5. The largest absolute Gasteiger partial charge is 0.377 e. The van der Waals surface area contributed by atoms with Crippen molar-refractivity contribution in [2.75, 3.05) is 19.7 Å². The number of terminal acetylenes is 1. The first-order chi connectivity index (χ1) is 7.24. The molecular weight excluding hydrogens is 186 g/mol. The Morgan fingerprint density at radius 1 is 1.33 bits per heavy atom. The molecule has 0 radical (unpaired) electrons. The molecule has 0 aromatic rings. The van der Waals surface area contributed by atoms with Gasteiger partial charge in [0.05, 0.1) is 19.3 Å². The van der Waals surface area contributed by atoms with Crippen LogP contribution in [-0.4, -0.2) is 25.8 Å². The van der Waals surface area contributed by atoms with Gasteiger partial charge in [-0.3, -0.25) is 0 Å². The predicted molar refractivity (Wildman–Crippen MR) is 63.6 cm³/mol. The number of ether oxygens (including phenoxy) is 1. The van der Waals surface area contributed by atoms with E-state index < -0.39 is 0 Å². The molecule has 0 aliphatic heterocycles. The molecule has 0 heterocycles. The van der Waals surface area contributed by atoms with Crippen LogP contribution >= 0.6 is 0 Å². The Morgan fingerprint density at radius 3 is 2.80 bits per heavy atom. The summed E-state index contributed by atoms with van der Waals surface area (Å²) >= 11 is 0. The highest BCUT2D eigenvalue weighted by molar-refractivity contribution is 4.86. The van der Waals surface area contributed by atoms with Crippen molar-refractivity contribution in [3.8, 4) is 12.3 Å². The van der Waals surface area contributed by atoms with E-state index in [9.17, 15) is 0 Å². The van der Waals surface area contributed by atoms with Crippen molar-refractivity contribution in [1.82, 2.24) is 5.32 Å². The van der Waals surface area contributed by atoms with Crippen LogP contribution in [0.1, 0.15) is 33.1 Å². The number of hydrogen-bond donors (Lipinski definition) is 1. The van der Waals surface area contributed by atoms with Gasteiger partial charge in [0.2, 0.25) is 0 Å². The molecule has 86 valence electrons. The summed E-state index contributed by atoms with van der Waals surface area (Å²) in [4.78, 5) is 0. The molecule has 0 amide bonds. The van der Waals surface area contributed by atoms with E-state index in [-0.39, 0.29) is 0 Å². The SMILES string of the molecule is C#CCNCCOC1CCC(C)C(C)C1. The lowest BCUT2D eigenvalue weighted by Gasteiger charge is -2.31. The first-order valence-electron chi connectivity index (χ1n) is 5.99. The lowest BCUT2D eigenvalue weighted by Crippen LogP contribution is -2.29. The molecule has 0 aromatic carbocycles. The molecule has 2 heteroatoms. The van der Waals surface area contributed by atoms with Crippen LogP contribution in [0.4, 0.5) is 0 Å². The van der Waals surface area contributed by atoms with Crippen LogP contribution in [0.3, 0.4) is 0 Å². The maximum Gasteiger partial charge on any atom is 0.0595 e. The van der Waals surface area contributed by atoms with Crippen LogP contribution in [0.15, 0.2) is 0 Å². The maximum absolute atomic E-state index is 5.82. The standard InChI is InChI=1S/C13H23NO/c1-4-7-14-8-9-15-13-6-5-11(2)12(3)10-13/h1,11-14H,5-10H2,2-3H3. The first kappa shape index (κ1) is 12.5. The van der Waals surface area contributed by atoms with Gasteiger partial charge in [-0.2, -0.15) is 0 Å². The summed E-state index contributed by atoms with van der Waals surface area (Å²) in [7, 11) is 0. The van der Waals surface area contributed by atoms with Gasteiger partial charge in [-0.05, 0) is 31.1 Å². The fourth-order valence-electron chi connectivity index (χ4n) is 2.11. The zero-order valence-electron chi connectivity index (χ0n) is 9.96. The minimum atomic E-state index is 0.476.